The topological polar surface area (TPSA) is 85.3 Å². The van der Waals surface area contributed by atoms with Gasteiger partial charge in [-0.1, -0.05) is 12.1 Å². The zero-order valence-corrected chi connectivity index (χ0v) is 15.0. The van der Waals surface area contributed by atoms with Crippen LogP contribution in [0, 0.1) is 5.82 Å². The Morgan fingerprint density at radius 3 is 2.86 bits per heavy atom. The Morgan fingerprint density at radius 2 is 2.00 bits per heavy atom. The van der Waals surface area contributed by atoms with E-state index in [-0.39, 0.29) is 11.7 Å². The Balaban J connectivity index is 1.29. The van der Waals surface area contributed by atoms with Crippen LogP contribution in [0.4, 0.5) is 4.39 Å². The van der Waals surface area contributed by atoms with E-state index in [0.29, 0.717) is 34.9 Å². The van der Waals surface area contributed by atoms with Crippen molar-refractivity contribution in [3.05, 3.63) is 84.2 Å². The summed E-state index contributed by atoms with van der Waals surface area (Å²) >= 11 is 0. The smallest absolute Gasteiger partial charge is 0.254 e. The highest BCUT2D eigenvalue weighted by molar-refractivity contribution is 5.93. The maximum Gasteiger partial charge on any atom is 0.254 e. The number of halogens is 1. The third kappa shape index (κ3) is 3.31. The highest BCUT2D eigenvalue weighted by Gasteiger charge is 2.10. The van der Waals surface area contributed by atoms with E-state index < -0.39 is 0 Å². The molecule has 0 aliphatic carbocycles. The Bertz CT molecular complexity index is 1340. The fourth-order valence-electron chi connectivity index (χ4n) is 3.01. The summed E-state index contributed by atoms with van der Waals surface area (Å²) in [7, 11) is 0. The molecule has 7 nitrogen and oxygen atoms in total. The first-order valence-electron chi connectivity index (χ1n) is 8.88. The van der Waals surface area contributed by atoms with E-state index >= 15 is 0 Å². The minimum Gasteiger partial charge on any atom is -0.436 e. The van der Waals surface area contributed by atoms with Crippen LogP contribution in [0.1, 0.15) is 15.9 Å². The molecule has 0 fully saturated rings. The SMILES string of the molecule is O=C(NCc1ccc(-c2nc3cc(F)ccc3o2)cc1)c1cnc2nccn2c1. The van der Waals surface area contributed by atoms with Gasteiger partial charge in [-0.25, -0.2) is 19.3 Å². The van der Waals surface area contributed by atoms with Gasteiger partial charge in [0.05, 0.1) is 5.56 Å². The molecule has 0 saturated heterocycles. The number of benzene rings is 2. The van der Waals surface area contributed by atoms with E-state index in [2.05, 4.69) is 20.3 Å². The number of hydrogen-bond donors (Lipinski definition) is 1. The number of fused-ring (bicyclic) bond motifs is 2. The van der Waals surface area contributed by atoms with E-state index in [1.165, 1.54) is 18.3 Å². The molecule has 0 aliphatic heterocycles. The molecular weight excluding hydrogens is 373 g/mol. The lowest BCUT2D eigenvalue weighted by Gasteiger charge is -2.06. The van der Waals surface area contributed by atoms with Crippen LogP contribution in [0.5, 0.6) is 0 Å². The third-order valence-corrected chi connectivity index (χ3v) is 4.51. The standard InChI is InChI=1S/C21H14FN5O2/c22-16-5-6-18-17(9-16)26-20(29-18)14-3-1-13(2-4-14)10-24-19(28)15-11-25-21-23-7-8-27(21)12-15/h1-9,11-12H,10H2,(H,24,28). The summed E-state index contributed by atoms with van der Waals surface area (Å²) in [5.41, 5.74) is 3.14. The minimum atomic E-state index is -0.356. The molecule has 2 aromatic carbocycles. The number of rotatable bonds is 4. The molecule has 0 saturated carbocycles. The average molecular weight is 387 g/mol. The fraction of sp³-hybridized carbons (Fsp3) is 0.0476. The zero-order chi connectivity index (χ0) is 19.8. The van der Waals surface area contributed by atoms with Crippen molar-refractivity contribution in [3.63, 3.8) is 0 Å². The number of hydrogen-bond acceptors (Lipinski definition) is 5. The van der Waals surface area contributed by atoms with Gasteiger partial charge in [-0.15, -0.1) is 0 Å². The second-order valence-corrected chi connectivity index (χ2v) is 6.49. The summed E-state index contributed by atoms with van der Waals surface area (Å²) in [6.45, 7) is 0.361. The molecule has 0 bridgehead atoms. The molecule has 0 spiro atoms. The minimum absolute atomic E-state index is 0.224. The van der Waals surface area contributed by atoms with Crippen LogP contribution < -0.4 is 5.32 Å². The summed E-state index contributed by atoms with van der Waals surface area (Å²) in [5, 5.41) is 2.87. The van der Waals surface area contributed by atoms with Gasteiger partial charge in [0.15, 0.2) is 5.58 Å². The van der Waals surface area contributed by atoms with Crippen molar-refractivity contribution in [1.82, 2.24) is 24.7 Å². The van der Waals surface area contributed by atoms with Gasteiger partial charge in [-0.2, -0.15) is 0 Å². The van der Waals surface area contributed by atoms with Crippen molar-refractivity contribution >= 4 is 22.8 Å². The van der Waals surface area contributed by atoms with Crippen LogP contribution in [0.3, 0.4) is 0 Å². The summed E-state index contributed by atoms with van der Waals surface area (Å²) in [6.07, 6.45) is 6.54. The Morgan fingerprint density at radius 1 is 1.14 bits per heavy atom. The summed E-state index contributed by atoms with van der Waals surface area (Å²) in [4.78, 5) is 24.9. The van der Waals surface area contributed by atoms with Crippen molar-refractivity contribution in [2.75, 3.05) is 0 Å². The molecule has 3 aromatic heterocycles. The van der Waals surface area contributed by atoms with Crippen molar-refractivity contribution < 1.29 is 13.6 Å². The normalized spacial score (nSPS) is 11.2. The zero-order valence-electron chi connectivity index (χ0n) is 15.0. The number of carbonyl (C=O) groups excluding carboxylic acids is 1. The predicted octanol–water partition coefficient (Wildman–Crippen LogP) is 3.61. The molecular formula is C21H14FN5O2. The van der Waals surface area contributed by atoms with Crippen LogP contribution >= 0.6 is 0 Å². The molecule has 0 aliphatic rings. The molecule has 1 amide bonds. The molecule has 8 heteroatoms. The number of nitrogens with one attached hydrogen (secondary N) is 1. The number of amides is 1. The summed E-state index contributed by atoms with van der Waals surface area (Å²) < 4.78 is 20.7. The van der Waals surface area contributed by atoms with Gasteiger partial charge in [0, 0.05) is 43.0 Å². The largest absolute Gasteiger partial charge is 0.436 e. The van der Waals surface area contributed by atoms with Crippen LogP contribution in [0.25, 0.3) is 28.3 Å². The lowest BCUT2D eigenvalue weighted by atomic mass is 10.1. The van der Waals surface area contributed by atoms with E-state index in [1.807, 2.05) is 24.3 Å². The Hall–Kier alpha value is -4.07. The maximum absolute atomic E-state index is 13.3. The lowest BCUT2D eigenvalue weighted by Crippen LogP contribution is -2.23. The highest BCUT2D eigenvalue weighted by Crippen LogP contribution is 2.25. The number of oxazole rings is 1. The number of aromatic nitrogens is 4. The van der Waals surface area contributed by atoms with Crippen molar-refractivity contribution in [1.29, 1.82) is 0 Å². The Kier molecular flexibility index (Phi) is 4.02. The molecule has 29 heavy (non-hydrogen) atoms. The lowest BCUT2D eigenvalue weighted by molar-refractivity contribution is 0.0950. The number of nitrogens with zero attached hydrogens (tertiary/aromatic N) is 4. The summed E-state index contributed by atoms with van der Waals surface area (Å²) in [5.74, 6) is 0.379. The van der Waals surface area contributed by atoms with Gasteiger partial charge in [0.25, 0.3) is 5.91 Å². The summed E-state index contributed by atoms with van der Waals surface area (Å²) in [6, 6.07) is 11.7. The van der Waals surface area contributed by atoms with Crippen LogP contribution in [0.15, 0.2) is 71.7 Å². The van der Waals surface area contributed by atoms with E-state index in [1.54, 1.807) is 29.1 Å². The first-order valence-corrected chi connectivity index (χ1v) is 8.88. The van der Waals surface area contributed by atoms with E-state index in [0.717, 1.165) is 11.1 Å². The number of carbonyl (C=O) groups is 1. The molecule has 0 atom stereocenters. The molecule has 5 aromatic rings. The van der Waals surface area contributed by atoms with Crippen LogP contribution in [-0.2, 0) is 6.54 Å². The fourth-order valence-corrected chi connectivity index (χ4v) is 3.01. The highest BCUT2D eigenvalue weighted by atomic mass is 19.1. The van der Waals surface area contributed by atoms with Crippen LogP contribution in [0.2, 0.25) is 0 Å². The molecule has 142 valence electrons. The first kappa shape index (κ1) is 17.1. The Labute approximate surface area is 163 Å². The van der Waals surface area contributed by atoms with Gasteiger partial charge in [0.2, 0.25) is 11.7 Å². The third-order valence-electron chi connectivity index (χ3n) is 4.51. The molecule has 0 radical (unpaired) electrons. The van der Waals surface area contributed by atoms with Gasteiger partial charge >= 0.3 is 0 Å². The van der Waals surface area contributed by atoms with Gasteiger partial charge < -0.3 is 9.73 Å². The second kappa shape index (κ2) is 6.83. The average Bonchev–Trinajstić information content (AvgIpc) is 3.38. The first-order chi connectivity index (χ1) is 14.2. The second-order valence-electron chi connectivity index (χ2n) is 6.49. The molecule has 3 heterocycles. The van der Waals surface area contributed by atoms with Gasteiger partial charge in [0.1, 0.15) is 11.3 Å². The predicted molar refractivity (Wildman–Crippen MR) is 104 cm³/mol. The van der Waals surface area contributed by atoms with Gasteiger partial charge in [-0.05, 0) is 29.8 Å². The van der Waals surface area contributed by atoms with E-state index in [4.69, 9.17) is 4.42 Å². The molecule has 5 rings (SSSR count). The number of imidazole rings is 1. The maximum atomic E-state index is 13.3. The molecule has 0 unspecified atom stereocenters. The molecule has 1 N–H and O–H groups in total. The van der Waals surface area contributed by atoms with Crippen LogP contribution in [-0.4, -0.2) is 25.3 Å². The quantitative estimate of drug-likeness (QED) is 0.509. The van der Waals surface area contributed by atoms with E-state index in [9.17, 15) is 9.18 Å². The van der Waals surface area contributed by atoms with Crippen molar-refractivity contribution in [3.8, 4) is 11.5 Å². The van der Waals surface area contributed by atoms with Gasteiger partial charge in [-0.3, -0.25) is 9.20 Å². The van der Waals surface area contributed by atoms with Crippen molar-refractivity contribution in [2.45, 2.75) is 6.54 Å². The monoisotopic (exact) mass is 387 g/mol. The van der Waals surface area contributed by atoms with Crippen molar-refractivity contribution in [2.24, 2.45) is 0 Å².